The highest BCUT2D eigenvalue weighted by Crippen LogP contribution is 2.19. The topological polar surface area (TPSA) is 21.3 Å². The Kier molecular flexibility index (Phi) is 7.38. The van der Waals surface area contributed by atoms with Crippen LogP contribution < -0.4 is 10.1 Å². The predicted octanol–water partition coefficient (Wildman–Crippen LogP) is 4.51. The Hall–Kier alpha value is -1.28. The first-order chi connectivity index (χ1) is 9.52. The van der Waals surface area contributed by atoms with Crippen molar-refractivity contribution < 1.29 is 4.74 Å². The minimum Gasteiger partial charge on any atom is -0.491 e. The molecular weight excluding hydrogens is 246 g/mol. The molecule has 0 aliphatic heterocycles. The summed E-state index contributed by atoms with van der Waals surface area (Å²) in [5.74, 6) is 1.49. The van der Waals surface area contributed by atoms with Crippen molar-refractivity contribution in [3.05, 3.63) is 35.4 Å². The van der Waals surface area contributed by atoms with Crippen molar-refractivity contribution >= 4 is 6.08 Å². The average Bonchev–Trinajstić information content (AvgIpc) is 2.37. The largest absolute Gasteiger partial charge is 0.491 e. The fourth-order valence-electron chi connectivity index (χ4n) is 2.00. The number of rotatable bonds is 8. The standard InChI is InChI=1S/C18H29NO/c1-6-10-19-13-17(14(2)3)11-16-8-7-9-18(12-16)20-15(4)5/h7-9,11-12,14-15,19H,6,10,13H2,1-5H3. The maximum Gasteiger partial charge on any atom is 0.120 e. The maximum absolute atomic E-state index is 5.75. The van der Waals surface area contributed by atoms with E-state index in [1.54, 1.807) is 0 Å². The average molecular weight is 275 g/mol. The summed E-state index contributed by atoms with van der Waals surface area (Å²) in [4.78, 5) is 0. The molecule has 1 N–H and O–H groups in total. The Bertz CT molecular complexity index is 421. The van der Waals surface area contributed by atoms with E-state index >= 15 is 0 Å². The second-order valence-corrected chi connectivity index (χ2v) is 5.79. The fraction of sp³-hybridized carbons (Fsp3) is 0.556. The van der Waals surface area contributed by atoms with Crippen molar-refractivity contribution in [2.24, 2.45) is 5.92 Å². The minimum atomic E-state index is 0.213. The van der Waals surface area contributed by atoms with Gasteiger partial charge in [-0.25, -0.2) is 0 Å². The van der Waals surface area contributed by atoms with E-state index in [2.05, 4.69) is 64.2 Å². The van der Waals surface area contributed by atoms with Gasteiger partial charge in [-0.1, -0.05) is 44.6 Å². The van der Waals surface area contributed by atoms with Crippen LogP contribution in [0.1, 0.15) is 46.6 Å². The van der Waals surface area contributed by atoms with Crippen LogP contribution in [0.3, 0.4) is 0 Å². The molecule has 0 aliphatic rings. The molecule has 0 unspecified atom stereocenters. The molecule has 2 heteroatoms. The van der Waals surface area contributed by atoms with Gasteiger partial charge >= 0.3 is 0 Å². The van der Waals surface area contributed by atoms with Crippen molar-refractivity contribution in [3.8, 4) is 5.75 Å². The third-order valence-corrected chi connectivity index (χ3v) is 3.08. The monoisotopic (exact) mass is 275 g/mol. The second-order valence-electron chi connectivity index (χ2n) is 5.79. The number of benzene rings is 1. The molecule has 20 heavy (non-hydrogen) atoms. The zero-order chi connectivity index (χ0) is 15.0. The van der Waals surface area contributed by atoms with Gasteiger partial charge in [-0.15, -0.1) is 0 Å². The molecule has 0 radical (unpaired) electrons. The van der Waals surface area contributed by atoms with Crippen molar-refractivity contribution in [2.45, 2.75) is 47.1 Å². The van der Waals surface area contributed by atoms with E-state index in [4.69, 9.17) is 4.74 Å². The van der Waals surface area contributed by atoms with E-state index in [1.165, 1.54) is 17.6 Å². The van der Waals surface area contributed by atoms with Gasteiger partial charge in [0.2, 0.25) is 0 Å². The Morgan fingerprint density at radius 3 is 2.60 bits per heavy atom. The van der Waals surface area contributed by atoms with E-state index in [0.717, 1.165) is 18.8 Å². The van der Waals surface area contributed by atoms with Gasteiger partial charge < -0.3 is 10.1 Å². The summed E-state index contributed by atoms with van der Waals surface area (Å²) >= 11 is 0. The third-order valence-electron chi connectivity index (χ3n) is 3.08. The van der Waals surface area contributed by atoms with E-state index in [1.807, 2.05) is 6.07 Å². The van der Waals surface area contributed by atoms with Gasteiger partial charge in [0.15, 0.2) is 0 Å². The molecule has 0 atom stereocenters. The lowest BCUT2D eigenvalue weighted by molar-refractivity contribution is 0.242. The quantitative estimate of drug-likeness (QED) is 0.705. The first kappa shape index (κ1) is 16.8. The second kappa shape index (κ2) is 8.80. The van der Waals surface area contributed by atoms with Gasteiger partial charge in [-0.2, -0.15) is 0 Å². The molecule has 0 fully saturated rings. The van der Waals surface area contributed by atoms with Crippen LogP contribution in [-0.2, 0) is 0 Å². The van der Waals surface area contributed by atoms with Gasteiger partial charge in [0.25, 0.3) is 0 Å². The molecule has 0 saturated carbocycles. The summed E-state index contributed by atoms with van der Waals surface area (Å²) in [6, 6.07) is 8.32. The maximum atomic E-state index is 5.75. The summed E-state index contributed by atoms with van der Waals surface area (Å²) in [6.45, 7) is 12.8. The fourth-order valence-corrected chi connectivity index (χ4v) is 2.00. The SMILES string of the molecule is CCCNCC(=Cc1cccc(OC(C)C)c1)C(C)C. The summed E-state index contributed by atoms with van der Waals surface area (Å²) in [5.41, 5.74) is 2.64. The lowest BCUT2D eigenvalue weighted by Crippen LogP contribution is -2.19. The van der Waals surface area contributed by atoms with Crippen LogP contribution in [0, 0.1) is 5.92 Å². The molecule has 1 aromatic carbocycles. The zero-order valence-electron chi connectivity index (χ0n) is 13.6. The highest BCUT2D eigenvalue weighted by atomic mass is 16.5. The molecule has 1 rings (SSSR count). The molecule has 1 aromatic rings. The number of hydrogen-bond acceptors (Lipinski definition) is 2. The van der Waals surface area contributed by atoms with Crippen molar-refractivity contribution in [2.75, 3.05) is 13.1 Å². The highest BCUT2D eigenvalue weighted by Gasteiger charge is 2.04. The van der Waals surface area contributed by atoms with E-state index in [-0.39, 0.29) is 6.10 Å². The van der Waals surface area contributed by atoms with Crippen molar-refractivity contribution in [1.29, 1.82) is 0 Å². The van der Waals surface area contributed by atoms with Crippen LogP contribution in [0.25, 0.3) is 6.08 Å². The Morgan fingerprint density at radius 1 is 1.25 bits per heavy atom. The molecule has 2 nitrogen and oxygen atoms in total. The minimum absolute atomic E-state index is 0.213. The molecular formula is C18H29NO. The van der Waals surface area contributed by atoms with Gasteiger partial charge in [-0.3, -0.25) is 0 Å². The molecule has 112 valence electrons. The van der Waals surface area contributed by atoms with Crippen LogP contribution in [0.15, 0.2) is 29.8 Å². The highest BCUT2D eigenvalue weighted by molar-refractivity contribution is 5.55. The van der Waals surface area contributed by atoms with Crippen molar-refractivity contribution in [1.82, 2.24) is 5.32 Å². The van der Waals surface area contributed by atoms with Crippen LogP contribution in [-0.4, -0.2) is 19.2 Å². The normalized spacial score (nSPS) is 12.2. The first-order valence-corrected chi connectivity index (χ1v) is 7.70. The van der Waals surface area contributed by atoms with Crippen LogP contribution in [0.4, 0.5) is 0 Å². The number of nitrogens with one attached hydrogen (secondary N) is 1. The van der Waals surface area contributed by atoms with E-state index in [0.29, 0.717) is 5.92 Å². The lowest BCUT2D eigenvalue weighted by atomic mass is 10.00. The molecule has 0 amide bonds. The zero-order valence-corrected chi connectivity index (χ0v) is 13.6. The predicted molar refractivity (Wildman–Crippen MR) is 88.2 cm³/mol. The Morgan fingerprint density at radius 2 is 2.00 bits per heavy atom. The third kappa shape index (κ3) is 6.25. The summed E-state index contributed by atoms with van der Waals surface area (Å²) in [5, 5.41) is 3.48. The first-order valence-electron chi connectivity index (χ1n) is 7.70. The molecule has 0 spiro atoms. The van der Waals surface area contributed by atoms with E-state index in [9.17, 15) is 0 Å². The smallest absolute Gasteiger partial charge is 0.120 e. The Labute approximate surface area is 124 Å². The lowest BCUT2D eigenvalue weighted by Gasteiger charge is -2.14. The summed E-state index contributed by atoms with van der Waals surface area (Å²) < 4.78 is 5.75. The molecule has 0 bridgehead atoms. The van der Waals surface area contributed by atoms with Gasteiger partial charge in [0, 0.05) is 6.54 Å². The summed E-state index contributed by atoms with van der Waals surface area (Å²) in [6.07, 6.45) is 3.66. The molecule has 0 saturated heterocycles. The number of hydrogen-bond donors (Lipinski definition) is 1. The Balaban J connectivity index is 2.81. The molecule has 0 aliphatic carbocycles. The van der Waals surface area contributed by atoms with Crippen LogP contribution in [0.2, 0.25) is 0 Å². The number of ether oxygens (including phenoxy) is 1. The molecule has 0 aromatic heterocycles. The van der Waals surface area contributed by atoms with Gasteiger partial charge in [0.05, 0.1) is 6.10 Å². The van der Waals surface area contributed by atoms with Gasteiger partial charge in [0.1, 0.15) is 5.75 Å². The van der Waals surface area contributed by atoms with Crippen LogP contribution in [0.5, 0.6) is 5.75 Å². The van der Waals surface area contributed by atoms with Crippen LogP contribution >= 0.6 is 0 Å². The van der Waals surface area contributed by atoms with E-state index < -0.39 is 0 Å². The van der Waals surface area contributed by atoms with Gasteiger partial charge in [-0.05, 0) is 50.4 Å². The van der Waals surface area contributed by atoms with Crippen molar-refractivity contribution in [3.63, 3.8) is 0 Å². The molecule has 0 heterocycles. The summed E-state index contributed by atoms with van der Waals surface area (Å²) in [7, 11) is 0.